The van der Waals surface area contributed by atoms with Gasteiger partial charge in [0, 0.05) is 22.4 Å². The predicted molar refractivity (Wildman–Crippen MR) is 120 cm³/mol. The molecule has 0 aliphatic rings. The summed E-state index contributed by atoms with van der Waals surface area (Å²) in [5, 5.41) is 2.90. The average Bonchev–Trinajstić information content (AvgIpc) is 2.75. The molecule has 0 aromatic heterocycles. The zero-order valence-electron chi connectivity index (χ0n) is 17.4. The molecule has 1 amide bonds. The van der Waals surface area contributed by atoms with E-state index in [2.05, 4.69) is 5.32 Å². The van der Waals surface area contributed by atoms with Crippen LogP contribution < -0.4 is 5.32 Å². The third-order valence-corrected chi connectivity index (χ3v) is 4.78. The molecule has 3 rings (SSSR count). The van der Waals surface area contributed by atoms with Crippen LogP contribution in [0, 0.1) is 6.92 Å². The summed E-state index contributed by atoms with van der Waals surface area (Å²) < 4.78 is 6.01. The summed E-state index contributed by atoms with van der Waals surface area (Å²) in [5.74, 6) is 0.334. The largest absolute Gasteiger partial charge is 0.488 e. The Morgan fingerprint density at radius 2 is 1.53 bits per heavy atom. The smallest absolute Gasteiger partial charge is 0.255 e. The summed E-state index contributed by atoms with van der Waals surface area (Å²) in [7, 11) is 0. The molecule has 0 saturated carbocycles. The number of anilines is 1. The molecule has 0 aliphatic carbocycles. The van der Waals surface area contributed by atoms with Crippen LogP contribution in [0.2, 0.25) is 0 Å². The van der Waals surface area contributed by atoms with Crippen molar-refractivity contribution in [3.05, 3.63) is 107 Å². The van der Waals surface area contributed by atoms with Crippen molar-refractivity contribution in [3.8, 4) is 0 Å². The van der Waals surface area contributed by atoms with E-state index in [0.717, 1.165) is 16.7 Å². The number of Topliss-reactive ketones (excluding diaryl/α,β-unsaturated/α-hetero) is 1. The Kier molecular flexibility index (Phi) is 6.81. The van der Waals surface area contributed by atoms with E-state index < -0.39 is 0 Å². The third-order valence-electron chi connectivity index (χ3n) is 4.78. The lowest BCUT2D eigenvalue weighted by Crippen LogP contribution is -2.12. The van der Waals surface area contributed by atoms with Gasteiger partial charge in [-0.25, -0.2) is 0 Å². The molecule has 3 aromatic carbocycles. The first-order valence-electron chi connectivity index (χ1n) is 9.81. The number of allylic oxidation sites excluding steroid dienone is 1. The lowest BCUT2D eigenvalue weighted by molar-refractivity contribution is -0.113. The molecule has 0 unspecified atom stereocenters. The Morgan fingerprint density at radius 3 is 2.17 bits per heavy atom. The van der Waals surface area contributed by atoms with Gasteiger partial charge in [0.05, 0.1) is 0 Å². The van der Waals surface area contributed by atoms with E-state index in [1.165, 1.54) is 6.92 Å². The number of ketones is 1. The number of amides is 1. The second kappa shape index (κ2) is 9.70. The van der Waals surface area contributed by atoms with Gasteiger partial charge in [-0.1, -0.05) is 48.0 Å². The number of aryl methyl sites for hydroxylation is 1. The topological polar surface area (TPSA) is 55.4 Å². The highest BCUT2D eigenvalue weighted by molar-refractivity contribution is 6.04. The quantitative estimate of drug-likeness (QED) is 0.404. The second-order valence-corrected chi connectivity index (χ2v) is 7.19. The van der Waals surface area contributed by atoms with Gasteiger partial charge in [0.15, 0.2) is 5.78 Å². The number of benzene rings is 3. The van der Waals surface area contributed by atoms with Crippen LogP contribution in [-0.4, -0.2) is 11.7 Å². The molecule has 30 heavy (non-hydrogen) atoms. The highest BCUT2D eigenvalue weighted by Gasteiger charge is 2.13. The zero-order chi connectivity index (χ0) is 21.5. The van der Waals surface area contributed by atoms with Crippen LogP contribution in [0.3, 0.4) is 0 Å². The molecule has 0 aliphatic heterocycles. The Bertz CT molecular complexity index is 1070. The monoisotopic (exact) mass is 399 g/mol. The van der Waals surface area contributed by atoms with Crippen LogP contribution in [0.25, 0.3) is 5.76 Å². The molecule has 4 heteroatoms. The Hall–Kier alpha value is -3.66. The minimum Gasteiger partial charge on any atom is -0.488 e. The number of hydrogen-bond donors (Lipinski definition) is 1. The maximum atomic E-state index is 12.5. The second-order valence-electron chi connectivity index (χ2n) is 7.19. The molecule has 0 saturated heterocycles. The van der Waals surface area contributed by atoms with Gasteiger partial charge >= 0.3 is 0 Å². The molecule has 0 bridgehead atoms. The van der Waals surface area contributed by atoms with Gasteiger partial charge < -0.3 is 10.1 Å². The fourth-order valence-corrected chi connectivity index (χ4v) is 2.99. The number of rotatable bonds is 7. The Morgan fingerprint density at radius 1 is 0.833 bits per heavy atom. The molecule has 0 spiro atoms. The highest BCUT2D eigenvalue weighted by atomic mass is 16.5. The molecule has 152 valence electrons. The highest BCUT2D eigenvalue weighted by Crippen LogP contribution is 2.24. The van der Waals surface area contributed by atoms with Gasteiger partial charge in [-0.05, 0) is 62.7 Å². The Labute approximate surface area is 177 Å². The Balaban J connectivity index is 1.77. The van der Waals surface area contributed by atoms with Crippen LogP contribution in [0.4, 0.5) is 5.69 Å². The van der Waals surface area contributed by atoms with Crippen molar-refractivity contribution in [2.24, 2.45) is 0 Å². The molecule has 1 N–H and O–H groups in total. The SMILES string of the molecule is CC(=O)/C(C)=C(/OCc1ccccc1)c1ccc(NC(=O)c2cccc(C)c2)cc1. The van der Waals surface area contributed by atoms with Crippen molar-refractivity contribution in [2.45, 2.75) is 27.4 Å². The fraction of sp³-hybridized carbons (Fsp3) is 0.154. The molecule has 0 atom stereocenters. The van der Waals surface area contributed by atoms with Crippen LogP contribution in [-0.2, 0) is 16.1 Å². The predicted octanol–water partition coefficient (Wildman–Crippen LogP) is 5.78. The van der Waals surface area contributed by atoms with Gasteiger partial charge in [-0.15, -0.1) is 0 Å². The lowest BCUT2D eigenvalue weighted by Gasteiger charge is -2.14. The van der Waals surface area contributed by atoms with Crippen molar-refractivity contribution in [3.63, 3.8) is 0 Å². The van der Waals surface area contributed by atoms with Gasteiger partial charge in [-0.3, -0.25) is 9.59 Å². The first-order chi connectivity index (χ1) is 14.4. The molecular formula is C26H25NO3. The molecule has 0 heterocycles. The van der Waals surface area contributed by atoms with Crippen LogP contribution in [0.5, 0.6) is 0 Å². The van der Waals surface area contributed by atoms with Crippen molar-refractivity contribution in [1.82, 2.24) is 0 Å². The average molecular weight is 399 g/mol. The van der Waals surface area contributed by atoms with Gasteiger partial charge in [0.2, 0.25) is 0 Å². The maximum Gasteiger partial charge on any atom is 0.255 e. The number of nitrogens with one attached hydrogen (secondary N) is 1. The van der Waals surface area contributed by atoms with E-state index in [9.17, 15) is 9.59 Å². The normalized spacial score (nSPS) is 11.4. The van der Waals surface area contributed by atoms with Crippen LogP contribution in [0.1, 0.15) is 40.9 Å². The third kappa shape index (κ3) is 5.45. The summed E-state index contributed by atoms with van der Waals surface area (Å²) >= 11 is 0. The molecule has 4 nitrogen and oxygen atoms in total. The summed E-state index contributed by atoms with van der Waals surface area (Å²) in [5.41, 5.74) is 4.68. The minimum atomic E-state index is -0.164. The van der Waals surface area contributed by atoms with Crippen molar-refractivity contribution in [2.75, 3.05) is 5.32 Å². The molecule has 0 radical (unpaired) electrons. The van der Waals surface area contributed by atoms with Gasteiger partial charge in [0.1, 0.15) is 12.4 Å². The van der Waals surface area contributed by atoms with E-state index in [1.54, 1.807) is 13.0 Å². The number of ether oxygens (including phenoxy) is 1. The molecule has 0 fully saturated rings. The van der Waals surface area contributed by atoms with E-state index >= 15 is 0 Å². The van der Waals surface area contributed by atoms with Gasteiger partial charge in [-0.2, -0.15) is 0 Å². The summed E-state index contributed by atoms with van der Waals surface area (Å²) in [6.45, 7) is 5.60. The van der Waals surface area contributed by atoms with Crippen molar-refractivity contribution in [1.29, 1.82) is 0 Å². The number of hydrogen-bond acceptors (Lipinski definition) is 3. The first kappa shape index (κ1) is 21.1. The van der Waals surface area contributed by atoms with E-state index in [-0.39, 0.29) is 11.7 Å². The van der Waals surface area contributed by atoms with E-state index in [1.807, 2.05) is 79.7 Å². The minimum absolute atomic E-state index is 0.0464. The zero-order valence-corrected chi connectivity index (χ0v) is 17.4. The summed E-state index contributed by atoms with van der Waals surface area (Å²) in [6, 6.07) is 24.5. The van der Waals surface area contributed by atoms with Crippen molar-refractivity contribution < 1.29 is 14.3 Å². The maximum absolute atomic E-state index is 12.5. The van der Waals surface area contributed by atoms with Crippen molar-refractivity contribution >= 4 is 23.1 Å². The number of carbonyl (C=O) groups excluding carboxylic acids is 2. The summed E-state index contributed by atoms with van der Waals surface area (Å²) in [4.78, 5) is 24.4. The van der Waals surface area contributed by atoms with Crippen LogP contribution >= 0.6 is 0 Å². The van der Waals surface area contributed by atoms with Gasteiger partial charge in [0.25, 0.3) is 5.91 Å². The standard InChI is InChI=1S/C26H25NO3/c1-18-8-7-11-23(16-18)26(29)27-24-14-12-22(13-15-24)25(19(2)20(3)28)30-17-21-9-5-4-6-10-21/h4-16H,17H2,1-3H3,(H,27,29)/b25-19+. The van der Waals surface area contributed by atoms with E-state index in [4.69, 9.17) is 4.74 Å². The van der Waals surface area contributed by atoms with E-state index in [0.29, 0.717) is 29.2 Å². The summed E-state index contributed by atoms with van der Waals surface area (Å²) in [6.07, 6.45) is 0. The number of carbonyl (C=O) groups is 2. The lowest BCUT2D eigenvalue weighted by atomic mass is 10.1. The molecule has 3 aromatic rings. The first-order valence-corrected chi connectivity index (χ1v) is 9.81. The van der Waals surface area contributed by atoms with Crippen LogP contribution in [0.15, 0.2) is 84.4 Å². The fourth-order valence-electron chi connectivity index (χ4n) is 2.99. The molecular weight excluding hydrogens is 374 g/mol.